The van der Waals surface area contributed by atoms with Gasteiger partial charge in [-0.1, -0.05) is 0 Å². The Kier molecular flexibility index (Phi) is 1.70. The van der Waals surface area contributed by atoms with Gasteiger partial charge < -0.3 is 5.32 Å². The minimum absolute atomic E-state index is 0.129. The highest BCUT2D eigenvalue weighted by molar-refractivity contribution is 5.89. The van der Waals surface area contributed by atoms with Gasteiger partial charge in [-0.25, -0.2) is 4.98 Å². The molecule has 0 radical (unpaired) electrons. The highest BCUT2D eigenvalue weighted by Gasteiger charge is 2.00. The predicted octanol–water partition coefficient (Wildman–Crippen LogP) is 0.916. The lowest BCUT2D eigenvalue weighted by Crippen LogP contribution is -2.06. The molecule has 0 unspecified atom stereocenters. The maximum absolute atomic E-state index is 10.7. The number of H-pyrrole nitrogens is 1. The number of nitrogens with one attached hydrogen (secondary N) is 2. The van der Waals surface area contributed by atoms with Crippen molar-refractivity contribution in [3.63, 3.8) is 0 Å². The SMILES string of the molecule is CC(=O)Nc1ccc2[nH]ncc2n1. The van der Waals surface area contributed by atoms with Gasteiger partial charge in [0.25, 0.3) is 0 Å². The van der Waals surface area contributed by atoms with Gasteiger partial charge in [0.15, 0.2) is 0 Å². The molecule has 0 aliphatic carbocycles. The molecule has 0 bridgehead atoms. The Morgan fingerprint density at radius 2 is 2.38 bits per heavy atom. The molecule has 0 aliphatic rings. The lowest BCUT2D eigenvalue weighted by molar-refractivity contribution is -0.114. The van der Waals surface area contributed by atoms with Crippen LogP contribution in [0.2, 0.25) is 0 Å². The molecule has 2 aromatic heterocycles. The van der Waals surface area contributed by atoms with Crippen LogP contribution in [-0.4, -0.2) is 21.1 Å². The van der Waals surface area contributed by atoms with Gasteiger partial charge in [-0.3, -0.25) is 9.89 Å². The highest BCUT2D eigenvalue weighted by Crippen LogP contribution is 2.11. The van der Waals surface area contributed by atoms with Crippen molar-refractivity contribution in [2.75, 3.05) is 5.32 Å². The Labute approximate surface area is 74.2 Å². The second kappa shape index (κ2) is 2.85. The van der Waals surface area contributed by atoms with E-state index in [9.17, 15) is 4.79 Å². The Morgan fingerprint density at radius 1 is 1.54 bits per heavy atom. The van der Waals surface area contributed by atoms with Crippen molar-refractivity contribution in [2.45, 2.75) is 6.92 Å². The number of carbonyl (C=O) groups excluding carboxylic acids is 1. The third-order valence-electron chi connectivity index (χ3n) is 1.60. The fourth-order valence-electron chi connectivity index (χ4n) is 1.08. The van der Waals surface area contributed by atoms with Crippen LogP contribution in [0.3, 0.4) is 0 Å². The number of carbonyl (C=O) groups is 1. The monoisotopic (exact) mass is 176 g/mol. The van der Waals surface area contributed by atoms with Crippen molar-refractivity contribution >= 4 is 22.8 Å². The minimum atomic E-state index is -0.129. The summed E-state index contributed by atoms with van der Waals surface area (Å²) in [4.78, 5) is 14.9. The Hall–Kier alpha value is -1.91. The van der Waals surface area contributed by atoms with Crippen LogP contribution in [0.1, 0.15) is 6.92 Å². The number of aromatic nitrogens is 3. The van der Waals surface area contributed by atoms with Crippen LogP contribution >= 0.6 is 0 Å². The predicted molar refractivity (Wildman–Crippen MR) is 48.2 cm³/mol. The van der Waals surface area contributed by atoms with Crippen molar-refractivity contribution in [2.24, 2.45) is 0 Å². The zero-order valence-electron chi connectivity index (χ0n) is 7.03. The van der Waals surface area contributed by atoms with Crippen molar-refractivity contribution in [3.8, 4) is 0 Å². The van der Waals surface area contributed by atoms with E-state index in [1.807, 2.05) is 6.07 Å². The summed E-state index contributed by atoms with van der Waals surface area (Å²) in [6.45, 7) is 1.45. The van der Waals surface area contributed by atoms with Gasteiger partial charge in [-0.2, -0.15) is 5.10 Å². The fourth-order valence-corrected chi connectivity index (χ4v) is 1.08. The zero-order chi connectivity index (χ0) is 9.26. The Morgan fingerprint density at radius 3 is 3.15 bits per heavy atom. The Bertz CT molecular complexity index is 448. The van der Waals surface area contributed by atoms with E-state index in [-0.39, 0.29) is 5.91 Å². The second-order valence-electron chi connectivity index (χ2n) is 2.68. The number of fused-ring (bicyclic) bond motifs is 1. The van der Waals surface area contributed by atoms with Gasteiger partial charge >= 0.3 is 0 Å². The first-order chi connectivity index (χ1) is 6.25. The quantitative estimate of drug-likeness (QED) is 0.678. The van der Waals surface area contributed by atoms with Gasteiger partial charge in [0.2, 0.25) is 5.91 Å². The molecule has 0 aromatic carbocycles. The van der Waals surface area contributed by atoms with E-state index in [0.717, 1.165) is 11.0 Å². The molecule has 2 heterocycles. The minimum Gasteiger partial charge on any atom is -0.311 e. The van der Waals surface area contributed by atoms with E-state index in [4.69, 9.17) is 0 Å². The molecule has 2 rings (SSSR count). The molecule has 2 aromatic rings. The largest absolute Gasteiger partial charge is 0.311 e. The van der Waals surface area contributed by atoms with E-state index in [1.54, 1.807) is 12.3 Å². The summed E-state index contributed by atoms with van der Waals surface area (Å²) in [5.41, 5.74) is 1.60. The number of nitrogens with zero attached hydrogens (tertiary/aromatic N) is 2. The summed E-state index contributed by atoms with van der Waals surface area (Å²) in [5, 5.41) is 9.19. The molecule has 5 nitrogen and oxygen atoms in total. The van der Waals surface area contributed by atoms with Gasteiger partial charge in [0.05, 0.1) is 11.7 Å². The molecule has 1 amide bonds. The average Bonchev–Trinajstić information content (AvgIpc) is 2.49. The first kappa shape index (κ1) is 7.72. The van der Waals surface area contributed by atoms with Crippen LogP contribution < -0.4 is 5.32 Å². The number of hydrogen-bond donors (Lipinski definition) is 2. The number of pyridine rings is 1. The number of hydrogen-bond acceptors (Lipinski definition) is 3. The molecule has 0 spiro atoms. The molecule has 0 fully saturated rings. The molecule has 13 heavy (non-hydrogen) atoms. The number of rotatable bonds is 1. The first-order valence-electron chi connectivity index (χ1n) is 3.83. The van der Waals surface area contributed by atoms with Crippen LogP contribution in [-0.2, 0) is 4.79 Å². The molecule has 0 aliphatic heterocycles. The van der Waals surface area contributed by atoms with E-state index < -0.39 is 0 Å². The van der Waals surface area contributed by atoms with Gasteiger partial charge in [0.1, 0.15) is 11.3 Å². The van der Waals surface area contributed by atoms with Crippen molar-refractivity contribution in [3.05, 3.63) is 18.3 Å². The standard InChI is InChI=1S/C8H8N4O/c1-5(13)10-8-3-2-6-7(11-8)4-9-12-6/h2-4H,1H3,(H,9,12)(H,10,11,13). The van der Waals surface area contributed by atoms with Crippen LogP contribution in [0.4, 0.5) is 5.82 Å². The van der Waals surface area contributed by atoms with Gasteiger partial charge in [0, 0.05) is 6.92 Å². The van der Waals surface area contributed by atoms with E-state index in [1.165, 1.54) is 6.92 Å². The number of amides is 1. The molecular weight excluding hydrogens is 168 g/mol. The van der Waals surface area contributed by atoms with Crippen molar-refractivity contribution in [1.29, 1.82) is 0 Å². The normalized spacial score (nSPS) is 10.2. The third-order valence-corrected chi connectivity index (χ3v) is 1.60. The summed E-state index contributed by atoms with van der Waals surface area (Å²) in [6, 6.07) is 3.54. The topological polar surface area (TPSA) is 70.7 Å². The summed E-state index contributed by atoms with van der Waals surface area (Å²) in [7, 11) is 0. The lowest BCUT2D eigenvalue weighted by atomic mass is 10.4. The van der Waals surface area contributed by atoms with E-state index >= 15 is 0 Å². The summed E-state index contributed by atoms with van der Waals surface area (Å²) in [5.74, 6) is 0.414. The number of aromatic amines is 1. The molecule has 0 saturated heterocycles. The fraction of sp³-hybridized carbons (Fsp3) is 0.125. The second-order valence-corrected chi connectivity index (χ2v) is 2.68. The average molecular weight is 176 g/mol. The maximum atomic E-state index is 10.7. The van der Waals surface area contributed by atoms with E-state index in [2.05, 4.69) is 20.5 Å². The molecule has 0 atom stereocenters. The molecule has 0 saturated carbocycles. The molecular formula is C8H8N4O. The lowest BCUT2D eigenvalue weighted by Gasteiger charge is -1.98. The smallest absolute Gasteiger partial charge is 0.222 e. The highest BCUT2D eigenvalue weighted by atomic mass is 16.1. The zero-order valence-corrected chi connectivity index (χ0v) is 7.03. The summed E-state index contributed by atoms with van der Waals surface area (Å²) in [6.07, 6.45) is 1.61. The van der Waals surface area contributed by atoms with Crippen LogP contribution in [0.25, 0.3) is 11.0 Å². The van der Waals surface area contributed by atoms with Crippen molar-refractivity contribution in [1.82, 2.24) is 15.2 Å². The van der Waals surface area contributed by atoms with Gasteiger partial charge in [-0.15, -0.1) is 0 Å². The molecule has 66 valence electrons. The first-order valence-corrected chi connectivity index (χ1v) is 3.83. The maximum Gasteiger partial charge on any atom is 0.222 e. The third kappa shape index (κ3) is 1.48. The molecule has 5 heteroatoms. The van der Waals surface area contributed by atoms with Crippen LogP contribution in [0.5, 0.6) is 0 Å². The Balaban J connectivity index is 2.42. The summed E-state index contributed by atoms with van der Waals surface area (Å²) < 4.78 is 0. The van der Waals surface area contributed by atoms with Crippen LogP contribution in [0.15, 0.2) is 18.3 Å². The van der Waals surface area contributed by atoms with Crippen LogP contribution in [0, 0.1) is 0 Å². The number of anilines is 1. The molecule has 2 N–H and O–H groups in total. The summed E-state index contributed by atoms with van der Waals surface area (Å²) >= 11 is 0. The van der Waals surface area contributed by atoms with Crippen molar-refractivity contribution < 1.29 is 4.79 Å². The van der Waals surface area contributed by atoms with E-state index in [0.29, 0.717) is 5.82 Å². The van der Waals surface area contributed by atoms with Gasteiger partial charge in [-0.05, 0) is 12.1 Å².